The van der Waals surface area contributed by atoms with E-state index in [9.17, 15) is 9.59 Å². The number of allylic oxidation sites excluding steroid dienone is 2. The molecule has 1 unspecified atom stereocenters. The van der Waals surface area contributed by atoms with Crippen LogP contribution in [-0.2, 0) is 20.9 Å². The van der Waals surface area contributed by atoms with Crippen molar-refractivity contribution in [2.45, 2.75) is 38.7 Å². The summed E-state index contributed by atoms with van der Waals surface area (Å²) in [7, 11) is 0. The summed E-state index contributed by atoms with van der Waals surface area (Å²) in [4.78, 5) is 30.6. The van der Waals surface area contributed by atoms with Gasteiger partial charge in [-0.05, 0) is 30.9 Å². The van der Waals surface area contributed by atoms with Crippen LogP contribution in [0.5, 0.6) is 0 Å². The van der Waals surface area contributed by atoms with Crippen LogP contribution < -0.4 is 0 Å². The lowest BCUT2D eigenvalue weighted by Gasteiger charge is -2.34. The molecule has 0 fully saturated rings. The highest BCUT2D eigenvalue weighted by molar-refractivity contribution is 6.08. The fraction of sp³-hybridized carbons (Fsp3) is 0.292. The summed E-state index contributed by atoms with van der Waals surface area (Å²) in [5.41, 5.74) is 4.16. The third-order valence-corrected chi connectivity index (χ3v) is 5.47. The van der Waals surface area contributed by atoms with Gasteiger partial charge in [0.25, 0.3) is 0 Å². The molecule has 2 aromatic rings. The molecule has 1 aliphatic carbocycles. The number of rotatable bonds is 4. The van der Waals surface area contributed by atoms with Crippen molar-refractivity contribution in [3.05, 3.63) is 83.1 Å². The molecule has 1 aliphatic heterocycles. The Balaban J connectivity index is 1.68. The van der Waals surface area contributed by atoms with Gasteiger partial charge in [-0.1, -0.05) is 60.7 Å². The number of aliphatic imine (C=N–C) groups is 1. The fourth-order valence-corrected chi connectivity index (χ4v) is 4.15. The number of esters is 1. The Kier molecular flexibility index (Phi) is 5.20. The second-order valence-corrected chi connectivity index (χ2v) is 7.35. The van der Waals surface area contributed by atoms with Gasteiger partial charge < -0.3 is 4.74 Å². The van der Waals surface area contributed by atoms with Crippen LogP contribution in [0.3, 0.4) is 0 Å². The molecule has 142 valence electrons. The summed E-state index contributed by atoms with van der Waals surface area (Å²) in [6.45, 7) is 2.08. The lowest BCUT2D eigenvalue weighted by molar-refractivity contribution is -0.148. The van der Waals surface area contributed by atoms with Crippen molar-refractivity contribution in [3.8, 4) is 0 Å². The summed E-state index contributed by atoms with van der Waals surface area (Å²) in [6.07, 6.45) is 2.12. The van der Waals surface area contributed by atoms with Gasteiger partial charge in [-0.25, -0.2) is 0 Å². The van der Waals surface area contributed by atoms with Crippen molar-refractivity contribution < 1.29 is 14.3 Å². The van der Waals surface area contributed by atoms with Gasteiger partial charge >= 0.3 is 5.97 Å². The Labute approximate surface area is 164 Å². The maximum absolute atomic E-state index is 13.1. The van der Waals surface area contributed by atoms with Crippen molar-refractivity contribution in [2.75, 3.05) is 0 Å². The second kappa shape index (κ2) is 7.93. The molecule has 0 spiro atoms. The van der Waals surface area contributed by atoms with Crippen LogP contribution in [0.25, 0.3) is 0 Å². The molecular formula is C24H23NO3. The predicted octanol–water partition coefficient (Wildman–Crippen LogP) is 4.61. The molecule has 4 nitrogen and oxygen atoms in total. The van der Waals surface area contributed by atoms with E-state index in [1.54, 1.807) is 0 Å². The largest absolute Gasteiger partial charge is 0.460 e. The molecule has 1 heterocycles. The number of hydrogen-bond acceptors (Lipinski definition) is 4. The molecule has 4 rings (SSSR count). The first-order valence-electron chi connectivity index (χ1n) is 9.72. The number of nitrogens with zero attached hydrogens (tertiary/aromatic N) is 1. The van der Waals surface area contributed by atoms with Gasteiger partial charge in [-0.15, -0.1) is 0 Å². The Bertz CT molecular complexity index is 944. The van der Waals surface area contributed by atoms with Crippen molar-refractivity contribution in [2.24, 2.45) is 10.9 Å². The zero-order valence-electron chi connectivity index (χ0n) is 15.9. The Hall–Kier alpha value is -3.01. The molecule has 0 saturated carbocycles. The van der Waals surface area contributed by atoms with Gasteiger partial charge in [-0.2, -0.15) is 0 Å². The number of ether oxygens (including phenoxy) is 1. The summed E-state index contributed by atoms with van der Waals surface area (Å²) in [6, 6.07) is 19.4. The normalized spacial score (nSPS) is 21.8. The minimum Gasteiger partial charge on any atom is -0.460 e. The Morgan fingerprint density at radius 1 is 1.04 bits per heavy atom. The lowest BCUT2D eigenvalue weighted by atomic mass is 9.72. The zero-order valence-corrected chi connectivity index (χ0v) is 15.9. The van der Waals surface area contributed by atoms with E-state index in [2.05, 4.69) is 4.99 Å². The minimum atomic E-state index is -0.577. The quantitative estimate of drug-likeness (QED) is 0.735. The van der Waals surface area contributed by atoms with Crippen LogP contribution in [-0.4, -0.2) is 17.5 Å². The predicted molar refractivity (Wildman–Crippen MR) is 108 cm³/mol. The van der Waals surface area contributed by atoms with E-state index in [0.29, 0.717) is 12.0 Å². The Morgan fingerprint density at radius 3 is 2.43 bits per heavy atom. The third kappa shape index (κ3) is 3.55. The summed E-state index contributed by atoms with van der Waals surface area (Å²) in [5.74, 6) is -1.13. The van der Waals surface area contributed by atoms with E-state index in [1.807, 2.05) is 67.6 Å². The molecule has 0 aromatic heterocycles. The number of Topliss-reactive ketones (excluding diaryl/α,β-unsaturated/α-hetero) is 1. The summed E-state index contributed by atoms with van der Waals surface area (Å²) < 4.78 is 5.65. The molecular weight excluding hydrogens is 350 g/mol. The van der Waals surface area contributed by atoms with E-state index in [4.69, 9.17) is 4.74 Å². The number of carbonyl (C=O) groups is 2. The van der Waals surface area contributed by atoms with Gasteiger partial charge in [-0.3, -0.25) is 14.6 Å². The highest BCUT2D eigenvalue weighted by Gasteiger charge is 2.43. The average molecular weight is 373 g/mol. The van der Waals surface area contributed by atoms with Crippen LogP contribution in [0.4, 0.5) is 0 Å². The first-order valence-corrected chi connectivity index (χ1v) is 9.72. The van der Waals surface area contributed by atoms with Crippen LogP contribution >= 0.6 is 0 Å². The topological polar surface area (TPSA) is 55.7 Å². The van der Waals surface area contributed by atoms with E-state index >= 15 is 0 Å². The maximum atomic E-state index is 13.1. The highest BCUT2D eigenvalue weighted by atomic mass is 16.5. The lowest BCUT2D eigenvalue weighted by Crippen LogP contribution is -2.37. The minimum absolute atomic E-state index is 0.104. The van der Waals surface area contributed by atoms with Gasteiger partial charge in [0.2, 0.25) is 0 Å². The highest BCUT2D eigenvalue weighted by Crippen LogP contribution is 2.43. The van der Waals surface area contributed by atoms with Crippen LogP contribution in [0.15, 0.2) is 76.9 Å². The second-order valence-electron chi connectivity index (χ2n) is 7.35. The maximum Gasteiger partial charge on any atom is 0.315 e. The fourth-order valence-electron chi connectivity index (χ4n) is 4.15. The SMILES string of the molecule is CC1=NC2=C(C(=O)CCC2)[C@H](c2ccccc2)C1C(=O)OCc1ccccc1. The summed E-state index contributed by atoms with van der Waals surface area (Å²) in [5, 5.41) is 0. The Morgan fingerprint density at radius 2 is 1.71 bits per heavy atom. The van der Waals surface area contributed by atoms with Gasteiger partial charge in [0.05, 0.1) is 0 Å². The molecule has 0 radical (unpaired) electrons. The van der Waals surface area contributed by atoms with Gasteiger partial charge in [0, 0.05) is 29.3 Å². The van der Waals surface area contributed by atoms with E-state index in [0.717, 1.165) is 35.4 Å². The van der Waals surface area contributed by atoms with Crippen molar-refractivity contribution >= 4 is 17.5 Å². The van der Waals surface area contributed by atoms with Gasteiger partial charge in [0.1, 0.15) is 12.5 Å². The molecule has 2 atom stereocenters. The number of benzene rings is 2. The van der Waals surface area contributed by atoms with Gasteiger partial charge in [0.15, 0.2) is 5.78 Å². The molecule has 0 amide bonds. The van der Waals surface area contributed by atoms with Crippen LogP contribution in [0, 0.1) is 5.92 Å². The molecule has 0 bridgehead atoms. The number of ketones is 1. The van der Waals surface area contributed by atoms with Crippen molar-refractivity contribution in [3.63, 3.8) is 0 Å². The van der Waals surface area contributed by atoms with Crippen molar-refractivity contribution in [1.82, 2.24) is 0 Å². The standard InChI is InChI=1S/C24H23NO3/c1-16-21(24(27)28-15-17-9-4-2-5-10-17)22(18-11-6-3-7-12-18)23-19(25-16)13-8-14-20(23)26/h2-7,9-12,21-22H,8,13-15H2,1H3/t21?,22-/m1/s1. The molecule has 0 N–H and O–H groups in total. The van der Waals surface area contributed by atoms with Crippen molar-refractivity contribution in [1.29, 1.82) is 0 Å². The van der Waals surface area contributed by atoms with Crippen LogP contribution in [0.1, 0.15) is 43.2 Å². The molecule has 28 heavy (non-hydrogen) atoms. The van der Waals surface area contributed by atoms with Crippen LogP contribution in [0.2, 0.25) is 0 Å². The number of carbonyl (C=O) groups excluding carboxylic acids is 2. The first-order chi connectivity index (χ1) is 13.6. The third-order valence-electron chi connectivity index (χ3n) is 5.47. The smallest absolute Gasteiger partial charge is 0.315 e. The van der Waals surface area contributed by atoms with E-state index < -0.39 is 5.92 Å². The van der Waals surface area contributed by atoms with E-state index in [1.165, 1.54) is 0 Å². The molecule has 2 aromatic carbocycles. The molecule has 0 saturated heterocycles. The monoisotopic (exact) mass is 373 g/mol. The number of hydrogen-bond donors (Lipinski definition) is 0. The average Bonchev–Trinajstić information content (AvgIpc) is 2.72. The summed E-state index contributed by atoms with van der Waals surface area (Å²) >= 11 is 0. The molecule has 4 heteroatoms. The first kappa shape index (κ1) is 18.4. The molecule has 2 aliphatic rings. The van der Waals surface area contributed by atoms with E-state index in [-0.39, 0.29) is 24.3 Å². The zero-order chi connectivity index (χ0) is 19.5.